The number of amides is 2. The second kappa shape index (κ2) is 7.57. The summed E-state index contributed by atoms with van der Waals surface area (Å²) in [4.78, 5) is 27.2. The molecule has 1 aromatic carbocycles. The molecule has 0 saturated heterocycles. The van der Waals surface area contributed by atoms with Gasteiger partial charge in [-0.1, -0.05) is 12.1 Å². The molecule has 0 aliphatic heterocycles. The van der Waals surface area contributed by atoms with Crippen LogP contribution in [0, 0.1) is 0 Å². The monoisotopic (exact) mass is 359 g/mol. The van der Waals surface area contributed by atoms with E-state index in [9.17, 15) is 13.8 Å². The molecule has 132 valence electrons. The molecule has 2 aromatic rings. The third-order valence-electron chi connectivity index (χ3n) is 3.45. The van der Waals surface area contributed by atoms with Crippen molar-refractivity contribution in [3.05, 3.63) is 59.4 Å². The highest BCUT2D eigenvalue weighted by atomic mass is 32.2. The zero-order valence-corrected chi connectivity index (χ0v) is 15.2. The van der Waals surface area contributed by atoms with E-state index < -0.39 is 22.6 Å². The standard InChI is InChI=1S/C18H21N3O3S/c1-18(2,3)25(24)11-12-5-4-6-14(9-12)21-17(23)15-8-7-13(10-20-15)16(19)22/h4-10H,11H2,1-3H3,(H2,19,22)(H,21,23). The lowest BCUT2D eigenvalue weighted by Gasteiger charge is -2.18. The quantitative estimate of drug-likeness (QED) is 0.856. The number of anilines is 1. The molecule has 0 radical (unpaired) electrons. The first kappa shape index (κ1) is 18.8. The smallest absolute Gasteiger partial charge is 0.274 e. The maximum atomic E-state index is 12.3. The molecule has 0 bridgehead atoms. The number of carbonyl (C=O) groups excluding carboxylic acids is 2. The molecule has 2 rings (SSSR count). The number of rotatable bonds is 5. The van der Waals surface area contributed by atoms with Crippen molar-refractivity contribution in [2.45, 2.75) is 31.3 Å². The topological polar surface area (TPSA) is 102 Å². The number of hydrogen-bond donors (Lipinski definition) is 2. The van der Waals surface area contributed by atoms with Crippen molar-refractivity contribution < 1.29 is 13.8 Å². The predicted octanol–water partition coefficient (Wildman–Crippen LogP) is 2.48. The lowest BCUT2D eigenvalue weighted by atomic mass is 10.2. The molecule has 1 heterocycles. The first-order chi connectivity index (χ1) is 11.7. The molecule has 6 nitrogen and oxygen atoms in total. The number of carbonyl (C=O) groups is 2. The van der Waals surface area contributed by atoms with Gasteiger partial charge in [-0.15, -0.1) is 0 Å². The minimum atomic E-state index is -1.02. The molecule has 25 heavy (non-hydrogen) atoms. The summed E-state index contributed by atoms with van der Waals surface area (Å²) in [5, 5.41) is 2.74. The van der Waals surface area contributed by atoms with E-state index in [1.807, 2.05) is 26.8 Å². The van der Waals surface area contributed by atoms with Crippen LogP contribution in [0.1, 0.15) is 47.2 Å². The van der Waals surface area contributed by atoms with Crippen LogP contribution in [0.5, 0.6) is 0 Å². The molecular weight excluding hydrogens is 338 g/mol. The van der Waals surface area contributed by atoms with E-state index in [1.165, 1.54) is 18.3 Å². The Kier molecular flexibility index (Phi) is 5.69. The van der Waals surface area contributed by atoms with Gasteiger partial charge < -0.3 is 11.1 Å². The van der Waals surface area contributed by atoms with Crippen molar-refractivity contribution >= 4 is 28.3 Å². The van der Waals surface area contributed by atoms with Gasteiger partial charge in [0.1, 0.15) is 5.69 Å². The first-order valence-corrected chi connectivity index (χ1v) is 9.03. The molecule has 0 fully saturated rings. The van der Waals surface area contributed by atoms with E-state index in [-0.39, 0.29) is 16.0 Å². The maximum Gasteiger partial charge on any atom is 0.274 e. The second-order valence-electron chi connectivity index (χ2n) is 6.55. The summed E-state index contributed by atoms with van der Waals surface area (Å²) in [6.45, 7) is 5.78. The molecule has 1 atom stereocenters. The van der Waals surface area contributed by atoms with Gasteiger partial charge in [0.25, 0.3) is 5.91 Å². The van der Waals surface area contributed by atoms with E-state index in [0.717, 1.165) is 5.56 Å². The van der Waals surface area contributed by atoms with E-state index in [2.05, 4.69) is 10.3 Å². The molecular formula is C18H21N3O3S. The molecule has 7 heteroatoms. The summed E-state index contributed by atoms with van der Waals surface area (Å²) in [6.07, 6.45) is 1.26. The van der Waals surface area contributed by atoms with Crippen LogP contribution in [0.15, 0.2) is 42.6 Å². The van der Waals surface area contributed by atoms with Gasteiger partial charge >= 0.3 is 0 Å². The second-order valence-corrected chi connectivity index (χ2v) is 8.76. The summed E-state index contributed by atoms with van der Waals surface area (Å²) >= 11 is 0. The highest BCUT2D eigenvalue weighted by molar-refractivity contribution is 7.85. The summed E-state index contributed by atoms with van der Waals surface area (Å²) in [6, 6.07) is 10.1. The van der Waals surface area contributed by atoms with Gasteiger partial charge in [-0.25, -0.2) is 0 Å². The Hall–Kier alpha value is -2.54. The van der Waals surface area contributed by atoms with Crippen molar-refractivity contribution in [3.8, 4) is 0 Å². The van der Waals surface area contributed by atoms with E-state index in [4.69, 9.17) is 5.73 Å². The van der Waals surface area contributed by atoms with Crippen LogP contribution in [-0.4, -0.2) is 25.8 Å². The lowest BCUT2D eigenvalue weighted by molar-refractivity contribution is 0.0993. The van der Waals surface area contributed by atoms with Crippen LogP contribution in [0.2, 0.25) is 0 Å². The van der Waals surface area contributed by atoms with Crippen molar-refractivity contribution in [2.24, 2.45) is 5.73 Å². The Balaban J connectivity index is 2.09. The van der Waals surface area contributed by atoms with Gasteiger partial charge in [0, 0.05) is 33.2 Å². The van der Waals surface area contributed by atoms with Crippen LogP contribution in [0.4, 0.5) is 5.69 Å². The summed E-state index contributed by atoms with van der Waals surface area (Å²) in [7, 11) is -1.02. The first-order valence-electron chi connectivity index (χ1n) is 7.71. The normalized spacial score (nSPS) is 12.4. The molecule has 3 N–H and O–H groups in total. The van der Waals surface area contributed by atoms with Crippen LogP contribution < -0.4 is 11.1 Å². The van der Waals surface area contributed by atoms with E-state index >= 15 is 0 Å². The fourth-order valence-corrected chi connectivity index (χ4v) is 2.89. The third-order valence-corrected chi connectivity index (χ3v) is 5.41. The Labute approximate surface area is 149 Å². The van der Waals surface area contributed by atoms with Gasteiger partial charge in [-0.3, -0.25) is 18.8 Å². The molecule has 1 unspecified atom stereocenters. The zero-order chi connectivity index (χ0) is 18.6. The van der Waals surface area contributed by atoms with Gasteiger partial charge in [0.05, 0.1) is 5.56 Å². The number of nitrogens with two attached hydrogens (primary N) is 1. The minimum Gasteiger partial charge on any atom is -0.366 e. The van der Waals surface area contributed by atoms with Gasteiger partial charge in [0.2, 0.25) is 5.91 Å². The zero-order valence-electron chi connectivity index (χ0n) is 14.4. The summed E-state index contributed by atoms with van der Waals surface area (Å²) < 4.78 is 12.0. The summed E-state index contributed by atoms with van der Waals surface area (Å²) in [5.41, 5.74) is 7.03. The van der Waals surface area contributed by atoms with Gasteiger partial charge in [0.15, 0.2) is 0 Å². The average Bonchev–Trinajstić information content (AvgIpc) is 2.54. The van der Waals surface area contributed by atoms with Crippen LogP contribution in [-0.2, 0) is 16.6 Å². The molecule has 0 spiro atoms. The molecule has 0 saturated carbocycles. The number of nitrogens with one attached hydrogen (secondary N) is 1. The SMILES string of the molecule is CC(C)(C)S(=O)Cc1cccc(NC(=O)c2ccc(C(N)=O)cn2)c1. The van der Waals surface area contributed by atoms with Crippen LogP contribution in [0.3, 0.4) is 0 Å². The number of aromatic nitrogens is 1. The number of benzene rings is 1. The molecule has 1 aromatic heterocycles. The fourth-order valence-electron chi connectivity index (χ4n) is 1.98. The largest absolute Gasteiger partial charge is 0.366 e. The average molecular weight is 359 g/mol. The highest BCUT2D eigenvalue weighted by Gasteiger charge is 2.19. The number of primary amides is 1. The third kappa shape index (κ3) is 5.22. The molecule has 0 aliphatic rings. The van der Waals surface area contributed by atoms with Gasteiger partial charge in [-0.2, -0.15) is 0 Å². The van der Waals surface area contributed by atoms with Crippen molar-refractivity contribution in [3.63, 3.8) is 0 Å². The molecule has 2 amide bonds. The fraction of sp³-hybridized carbons (Fsp3) is 0.278. The lowest BCUT2D eigenvalue weighted by Crippen LogP contribution is -2.23. The predicted molar refractivity (Wildman–Crippen MR) is 98.7 cm³/mol. The van der Waals surface area contributed by atoms with Crippen LogP contribution in [0.25, 0.3) is 0 Å². The number of hydrogen-bond acceptors (Lipinski definition) is 4. The van der Waals surface area contributed by atoms with Crippen LogP contribution >= 0.6 is 0 Å². The van der Waals surface area contributed by atoms with E-state index in [0.29, 0.717) is 11.4 Å². The Morgan fingerprint density at radius 1 is 1.20 bits per heavy atom. The Morgan fingerprint density at radius 3 is 2.48 bits per heavy atom. The minimum absolute atomic E-state index is 0.175. The number of nitrogens with zero attached hydrogens (tertiary/aromatic N) is 1. The van der Waals surface area contributed by atoms with Crippen molar-refractivity contribution in [2.75, 3.05) is 5.32 Å². The van der Waals surface area contributed by atoms with E-state index in [1.54, 1.807) is 18.2 Å². The maximum absolute atomic E-state index is 12.3. The number of pyridine rings is 1. The van der Waals surface area contributed by atoms with Crippen molar-refractivity contribution in [1.29, 1.82) is 0 Å². The highest BCUT2D eigenvalue weighted by Crippen LogP contribution is 2.19. The molecule has 0 aliphatic carbocycles. The Morgan fingerprint density at radius 2 is 1.92 bits per heavy atom. The Bertz CT molecular complexity index is 811. The summed E-state index contributed by atoms with van der Waals surface area (Å²) in [5.74, 6) is -0.581. The van der Waals surface area contributed by atoms with Gasteiger partial charge in [-0.05, 0) is 50.6 Å². The van der Waals surface area contributed by atoms with Crippen molar-refractivity contribution in [1.82, 2.24) is 4.98 Å².